The largest absolute Gasteiger partial charge is 0.482 e. The summed E-state index contributed by atoms with van der Waals surface area (Å²) in [6.07, 6.45) is 17.8. The lowest BCUT2D eigenvalue weighted by atomic mass is 9.47. The van der Waals surface area contributed by atoms with Crippen molar-refractivity contribution in [3.8, 4) is 5.75 Å². The Hall–Kier alpha value is -1.22. The number of benzene rings is 1. The molecule has 4 aliphatic carbocycles. The molecule has 3 heteroatoms. The molecule has 5 rings (SSSR count). The average molecular weight is 565 g/mol. The van der Waals surface area contributed by atoms with Crippen molar-refractivity contribution in [2.24, 2.45) is 46.3 Å². The van der Waals surface area contributed by atoms with Crippen LogP contribution in [0.4, 0.5) is 0 Å². The summed E-state index contributed by atoms with van der Waals surface area (Å²) in [6.45, 7) is 14.7. The van der Waals surface area contributed by atoms with E-state index in [0.717, 1.165) is 60.5 Å². The maximum atomic E-state index is 13.3. The number of para-hydroxylation sites is 1. The van der Waals surface area contributed by atoms with Crippen LogP contribution in [0.15, 0.2) is 42.0 Å². The number of allylic oxidation sites excluding steroid dienone is 2. The molecule has 1 aromatic carbocycles. The van der Waals surface area contributed by atoms with Gasteiger partial charge in [0.2, 0.25) is 5.12 Å². The third-order valence-electron chi connectivity index (χ3n) is 12.2. The molecule has 0 N–H and O–H groups in total. The van der Waals surface area contributed by atoms with Crippen LogP contribution in [0, 0.1) is 46.3 Å². The second kappa shape index (κ2) is 12.6. The molecule has 0 spiro atoms. The molecule has 0 unspecified atom stereocenters. The maximum Gasteiger partial charge on any atom is 0.229 e. The highest BCUT2D eigenvalue weighted by molar-refractivity contribution is 8.14. The van der Waals surface area contributed by atoms with Crippen LogP contribution in [0.1, 0.15) is 119 Å². The Balaban J connectivity index is 1.22. The van der Waals surface area contributed by atoms with Gasteiger partial charge in [-0.05, 0) is 116 Å². The van der Waals surface area contributed by atoms with Crippen molar-refractivity contribution in [3.05, 3.63) is 42.0 Å². The van der Waals surface area contributed by atoms with Crippen LogP contribution in [0.3, 0.4) is 0 Å². The van der Waals surface area contributed by atoms with Crippen LogP contribution >= 0.6 is 11.8 Å². The molecule has 9 atom stereocenters. The van der Waals surface area contributed by atoms with E-state index in [9.17, 15) is 4.79 Å². The minimum atomic E-state index is -0.357. The van der Waals surface area contributed by atoms with Gasteiger partial charge in [0.25, 0.3) is 0 Å². The highest BCUT2D eigenvalue weighted by Gasteiger charge is 2.59. The van der Waals surface area contributed by atoms with Crippen molar-refractivity contribution in [2.45, 2.75) is 130 Å². The second-order valence-electron chi connectivity index (χ2n) is 14.9. The Morgan fingerprint density at radius 1 is 1.00 bits per heavy atom. The Kier molecular flexibility index (Phi) is 9.50. The Morgan fingerprint density at radius 2 is 1.77 bits per heavy atom. The predicted molar refractivity (Wildman–Crippen MR) is 171 cm³/mol. The van der Waals surface area contributed by atoms with Gasteiger partial charge >= 0.3 is 0 Å². The summed E-state index contributed by atoms with van der Waals surface area (Å²) >= 11 is 1.58. The van der Waals surface area contributed by atoms with Crippen molar-refractivity contribution in [2.75, 3.05) is 0 Å². The quantitative estimate of drug-likeness (QED) is 0.264. The standard InChI is InChI=1S/C37H56O2S/c1-7-34(39-28-14-9-8-10-15-28)35(38)40-29-20-22-36(5)27(24-29)16-17-30-32-19-18-31(26(4)13-11-12-25(2)3)37(32,6)23-21-33(30)36/h8-10,14-16,25-26,29-34H,7,11-13,17-24H2,1-6H3/t26-,29-,30-,31-,32+,33-,34-,36-,37+/m0/s1. The highest BCUT2D eigenvalue weighted by atomic mass is 32.2. The maximum absolute atomic E-state index is 13.3. The van der Waals surface area contributed by atoms with Gasteiger partial charge in [0.15, 0.2) is 6.10 Å². The zero-order chi connectivity index (χ0) is 28.5. The fourth-order valence-corrected chi connectivity index (χ4v) is 11.1. The van der Waals surface area contributed by atoms with Crippen LogP contribution < -0.4 is 4.74 Å². The third-order valence-corrected chi connectivity index (χ3v) is 13.4. The number of thioether (sulfide) groups is 1. The number of hydrogen-bond acceptors (Lipinski definition) is 3. The van der Waals surface area contributed by atoms with E-state index in [1.54, 1.807) is 17.3 Å². The van der Waals surface area contributed by atoms with Crippen molar-refractivity contribution in [1.82, 2.24) is 0 Å². The smallest absolute Gasteiger partial charge is 0.229 e. The molecule has 3 fully saturated rings. The van der Waals surface area contributed by atoms with Gasteiger partial charge in [-0.15, -0.1) is 0 Å². The summed E-state index contributed by atoms with van der Waals surface area (Å²) in [4.78, 5) is 13.3. The van der Waals surface area contributed by atoms with Gasteiger partial charge in [-0.25, -0.2) is 0 Å². The Morgan fingerprint density at radius 3 is 2.50 bits per heavy atom. The molecule has 0 saturated heterocycles. The molecule has 0 bridgehead atoms. The van der Waals surface area contributed by atoms with Gasteiger partial charge in [0.1, 0.15) is 5.75 Å². The van der Waals surface area contributed by atoms with Gasteiger partial charge in [0, 0.05) is 5.25 Å². The van der Waals surface area contributed by atoms with Crippen LogP contribution in [-0.4, -0.2) is 16.5 Å². The highest BCUT2D eigenvalue weighted by Crippen LogP contribution is 2.67. The Labute approximate surface area is 249 Å². The fourth-order valence-electron chi connectivity index (χ4n) is 9.95. The van der Waals surface area contributed by atoms with E-state index >= 15 is 0 Å². The second-order valence-corrected chi connectivity index (χ2v) is 16.2. The lowest BCUT2D eigenvalue weighted by molar-refractivity contribution is -0.117. The number of ether oxygens (including phenoxy) is 1. The van der Waals surface area contributed by atoms with Crippen LogP contribution in [0.2, 0.25) is 0 Å². The molecule has 222 valence electrons. The molecule has 3 saturated carbocycles. The van der Waals surface area contributed by atoms with Gasteiger partial charge in [-0.2, -0.15) is 0 Å². The van der Waals surface area contributed by atoms with E-state index in [1.807, 2.05) is 30.3 Å². The molecule has 0 amide bonds. The van der Waals surface area contributed by atoms with E-state index < -0.39 is 0 Å². The molecule has 1 aromatic rings. The van der Waals surface area contributed by atoms with Gasteiger partial charge in [-0.3, -0.25) is 4.79 Å². The number of fused-ring (bicyclic) bond motifs is 5. The van der Waals surface area contributed by atoms with Crippen LogP contribution in [0.25, 0.3) is 0 Å². The summed E-state index contributed by atoms with van der Waals surface area (Å²) in [5, 5.41) is 0.607. The van der Waals surface area contributed by atoms with Crippen molar-refractivity contribution >= 4 is 16.9 Å². The fraction of sp³-hybridized carbons (Fsp3) is 0.757. The number of carbonyl (C=O) groups is 1. The molecule has 0 aliphatic heterocycles. The number of rotatable bonds is 10. The number of hydrogen-bond donors (Lipinski definition) is 0. The zero-order valence-electron chi connectivity index (χ0n) is 26.3. The van der Waals surface area contributed by atoms with Crippen LogP contribution in [-0.2, 0) is 4.79 Å². The van der Waals surface area contributed by atoms with Crippen molar-refractivity contribution in [1.29, 1.82) is 0 Å². The lowest BCUT2D eigenvalue weighted by Gasteiger charge is -2.58. The monoisotopic (exact) mass is 564 g/mol. The molecular weight excluding hydrogens is 508 g/mol. The van der Waals surface area contributed by atoms with E-state index in [-0.39, 0.29) is 11.2 Å². The molecule has 0 aromatic heterocycles. The summed E-state index contributed by atoms with van der Waals surface area (Å²) < 4.78 is 6.09. The van der Waals surface area contributed by atoms with E-state index in [0.29, 0.717) is 16.1 Å². The normalized spacial score (nSPS) is 36.7. The molecular formula is C37H56O2S. The van der Waals surface area contributed by atoms with Crippen LogP contribution in [0.5, 0.6) is 5.75 Å². The first-order chi connectivity index (χ1) is 19.2. The van der Waals surface area contributed by atoms with E-state index in [4.69, 9.17) is 4.74 Å². The third kappa shape index (κ3) is 5.97. The van der Waals surface area contributed by atoms with Gasteiger partial charge < -0.3 is 4.74 Å². The molecule has 40 heavy (non-hydrogen) atoms. The summed E-state index contributed by atoms with van der Waals surface area (Å²) in [6, 6.07) is 9.83. The minimum Gasteiger partial charge on any atom is -0.482 e. The van der Waals surface area contributed by atoms with Crippen molar-refractivity contribution in [3.63, 3.8) is 0 Å². The average Bonchev–Trinajstić information content (AvgIpc) is 3.29. The number of carbonyl (C=O) groups excluding carboxylic acids is 1. The topological polar surface area (TPSA) is 26.3 Å². The SMILES string of the molecule is CC[C@H](Oc1ccccc1)C(=O)S[C@H]1CC[C@@]2(C)C(=CC[C@H]3[C@H]4CC[C@@H]([C@@H](C)CCCC(C)C)[C@@]4(C)CC[C@@H]32)C1. The van der Waals surface area contributed by atoms with Crippen molar-refractivity contribution < 1.29 is 9.53 Å². The van der Waals surface area contributed by atoms with Gasteiger partial charge in [-0.1, -0.05) is 102 Å². The molecule has 0 radical (unpaired) electrons. The first kappa shape index (κ1) is 30.2. The summed E-state index contributed by atoms with van der Waals surface area (Å²) in [5.41, 5.74) is 2.58. The first-order valence-corrected chi connectivity index (χ1v) is 17.6. The summed E-state index contributed by atoms with van der Waals surface area (Å²) in [7, 11) is 0. The zero-order valence-corrected chi connectivity index (χ0v) is 27.1. The minimum absolute atomic E-state index is 0.210. The Bertz CT molecular complexity index is 1030. The first-order valence-electron chi connectivity index (χ1n) is 16.8. The van der Waals surface area contributed by atoms with E-state index in [2.05, 4.69) is 47.6 Å². The summed E-state index contributed by atoms with van der Waals surface area (Å²) in [5.74, 6) is 6.05. The lowest BCUT2D eigenvalue weighted by Crippen LogP contribution is -2.50. The predicted octanol–water partition coefficient (Wildman–Crippen LogP) is 10.5. The van der Waals surface area contributed by atoms with E-state index in [1.165, 1.54) is 57.8 Å². The molecule has 2 nitrogen and oxygen atoms in total. The molecule has 0 heterocycles. The van der Waals surface area contributed by atoms with Gasteiger partial charge in [0.05, 0.1) is 0 Å². The molecule has 4 aliphatic rings.